The van der Waals surface area contributed by atoms with Crippen LogP contribution in [0.15, 0.2) is 42.6 Å². The van der Waals surface area contributed by atoms with Gasteiger partial charge in [0.15, 0.2) is 5.82 Å². The van der Waals surface area contributed by atoms with Crippen molar-refractivity contribution in [2.75, 3.05) is 31.1 Å². The standard InChI is InChI=1S/C15H15IN4O/c16-13-5-2-1-4-12(13)15(21)20-10-8-19(9-11-20)14-6-3-7-17-18-14/h1-7H,8-11H2. The molecule has 2 aromatic rings. The Kier molecular flexibility index (Phi) is 4.33. The lowest BCUT2D eigenvalue weighted by Gasteiger charge is -2.35. The molecule has 2 heterocycles. The van der Waals surface area contributed by atoms with Crippen molar-refractivity contribution < 1.29 is 4.79 Å². The maximum atomic E-state index is 12.5. The minimum Gasteiger partial charge on any atom is -0.352 e. The molecule has 6 heteroatoms. The molecule has 108 valence electrons. The quantitative estimate of drug-likeness (QED) is 0.732. The van der Waals surface area contributed by atoms with Crippen LogP contribution < -0.4 is 4.90 Å². The molecule has 0 aliphatic carbocycles. The zero-order valence-electron chi connectivity index (χ0n) is 11.4. The predicted molar refractivity (Wildman–Crippen MR) is 89.3 cm³/mol. The molecule has 1 saturated heterocycles. The van der Waals surface area contributed by atoms with E-state index in [2.05, 4.69) is 37.7 Å². The van der Waals surface area contributed by atoms with Crippen molar-refractivity contribution in [3.05, 3.63) is 51.7 Å². The molecule has 1 aliphatic heterocycles. The van der Waals surface area contributed by atoms with Gasteiger partial charge < -0.3 is 9.80 Å². The number of nitrogens with zero attached hydrogens (tertiary/aromatic N) is 4. The molecule has 1 aromatic heterocycles. The van der Waals surface area contributed by atoms with Crippen LogP contribution in [0.5, 0.6) is 0 Å². The molecule has 1 aromatic carbocycles. The Morgan fingerprint density at radius 2 is 1.81 bits per heavy atom. The number of halogens is 1. The van der Waals surface area contributed by atoms with Gasteiger partial charge in [0, 0.05) is 35.9 Å². The van der Waals surface area contributed by atoms with E-state index in [1.165, 1.54) is 0 Å². The van der Waals surface area contributed by atoms with Crippen LogP contribution in [-0.4, -0.2) is 47.2 Å². The van der Waals surface area contributed by atoms with E-state index in [0.29, 0.717) is 13.1 Å². The molecular weight excluding hydrogens is 379 g/mol. The van der Waals surface area contributed by atoms with E-state index in [1.54, 1.807) is 6.20 Å². The first-order valence-corrected chi connectivity index (χ1v) is 7.90. The van der Waals surface area contributed by atoms with Crippen LogP contribution in [0.1, 0.15) is 10.4 Å². The smallest absolute Gasteiger partial charge is 0.255 e. The van der Waals surface area contributed by atoms with Crippen molar-refractivity contribution in [2.24, 2.45) is 0 Å². The van der Waals surface area contributed by atoms with Gasteiger partial charge in [-0.05, 0) is 46.9 Å². The lowest BCUT2D eigenvalue weighted by molar-refractivity contribution is 0.0745. The molecule has 0 bridgehead atoms. The summed E-state index contributed by atoms with van der Waals surface area (Å²) in [7, 11) is 0. The van der Waals surface area contributed by atoms with Crippen LogP contribution in [-0.2, 0) is 0 Å². The van der Waals surface area contributed by atoms with E-state index in [-0.39, 0.29) is 5.91 Å². The Morgan fingerprint density at radius 1 is 1.05 bits per heavy atom. The number of hydrogen-bond acceptors (Lipinski definition) is 4. The van der Waals surface area contributed by atoms with Crippen LogP contribution in [0.2, 0.25) is 0 Å². The summed E-state index contributed by atoms with van der Waals surface area (Å²) in [5, 5.41) is 8.02. The van der Waals surface area contributed by atoms with Crippen molar-refractivity contribution in [1.82, 2.24) is 15.1 Å². The zero-order valence-corrected chi connectivity index (χ0v) is 13.6. The fraction of sp³-hybridized carbons (Fsp3) is 0.267. The molecule has 3 rings (SSSR count). The van der Waals surface area contributed by atoms with Crippen LogP contribution in [0, 0.1) is 3.57 Å². The molecular formula is C15H15IN4O. The molecule has 0 saturated carbocycles. The molecule has 5 nitrogen and oxygen atoms in total. The Morgan fingerprint density at radius 3 is 2.48 bits per heavy atom. The lowest BCUT2D eigenvalue weighted by atomic mass is 10.2. The first kappa shape index (κ1) is 14.2. The summed E-state index contributed by atoms with van der Waals surface area (Å²) in [5.41, 5.74) is 0.783. The number of piperazine rings is 1. The van der Waals surface area contributed by atoms with E-state index in [1.807, 2.05) is 41.3 Å². The Balaban J connectivity index is 1.66. The van der Waals surface area contributed by atoms with Gasteiger partial charge in [-0.3, -0.25) is 4.79 Å². The number of benzene rings is 1. The van der Waals surface area contributed by atoms with Gasteiger partial charge in [-0.25, -0.2) is 0 Å². The van der Waals surface area contributed by atoms with Crippen molar-refractivity contribution in [3.63, 3.8) is 0 Å². The number of carbonyl (C=O) groups excluding carboxylic acids is 1. The van der Waals surface area contributed by atoms with Gasteiger partial charge in [-0.15, -0.1) is 5.10 Å². The first-order valence-electron chi connectivity index (χ1n) is 6.82. The number of anilines is 1. The second-order valence-corrected chi connectivity index (χ2v) is 6.00. The van der Waals surface area contributed by atoms with E-state index in [9.17, 15) is 4.79 Å². The molecule has 1 amide bonds. The van der Waals surface area contributed by atoms with Crippen molar-refractivity contribution in [3.8, 4) is 0 Å². The summed E-state index contributed by atoms with van der Waals surface area (Å²) in [6, 6.07) is 11.5. The van der Waals surface area contributed by atoms with E-state index < -0.39 is 0 Å². The topological polar surface area (TPSA) is 49.3 Å². The first-order chi connectivity index (χ1) is 10.3. The number of aromatic nitrogens is 2. The second kappa shape index (κ2) is 6.38. The average molecular weight is 394 g/mol. The number of amides is 1. The largest absolute Gasteiger partial charge is 0.352 e. The average Bonchev–Trinajstić information content (AvgIpc) is 2.56. The molecule has 0 radical (unpaired) electrons. The van der Waals surface area contributed by atoms with Gasteiger partial charge in [-0.1, -0.05) is 12.1 Å². The lowest BCUT2D eigenvalue weighted by Crippen LogP contribution is -2.49. The zero-order chi connectivity index (χ0) is 14.7. The highest BCUT2D eigenvalue weighted by Crippen LogP contribution is 2.17. The van der Waals surface area contributed by atoms with Crippen LogP contribution >= 0.6 is 22.6 Å². The molecule has 0 N–H and O–H groups in total. The monoisotopic (exact) mass is 394 g/mol. The Hall–Kier alpha value is -1.70. The third kappa shape index (κ3) is 3.15. The second-order valence-electron chi connectivity index (χ2n) is 4.84. The highest BCUT2D eigenvalue weighted by Gasteiger charge is 2.23. The maximum absolute atomic E-state index is 12.5. The maximum Gasteiger partial charge on any atom is 0.255 e. The van der Waals surface area contributed by atoms with Crippen molar-refractivity contribution >= 4 is 34.3 Å². The molecule has 1 aliphatic rings. The van der Waals surface area contributed by atoms with Crippen molar-refractivity contribution in [2.45, 2.75) is 0 Å². The van der Waals surface area contributed by atoms with Crippen molar-refractivity contribution in [1.29, 1.82) is 0 Å². The fourth-order valence-corrected chi connectivity index (χ4v) is 3.02. The summed E-state index contributed by atoms with van der Waals surface area (Å²) in [6.07, 6.45) is 1.67. The number of carbonyl (C=O) groups is 1. The van der Waals surface area contributed by atoms with Gasteiger partial charge in [-0.2, -0.15) is 5.10 Å². The summed E-state index contributed by atoms with van der Waals surface area (Å²) in [5.74, 6) is 0.984. The molecule has 0 unspecified atom stereocenters. The highest BCUT2D eigenvalue weighted by molar-refractivity contribution is 14.1. The van der Waals surface area contributed by atoms with E-state index in [4.69, 9.17) is 0 Å². The Bertz CT molecular complexity index is 627. The summed E-state index contributed by atoms with van der Waals surface area (Å²) >= 11 is 2.21. The van der Waals surface area contributed by atoms with Gasteiger partial charge >= 0.3 is 0 Å². The number of hydrogen-bond donors (Lipinski definition) is 0. The SMILES string of the molecule is O=C(c1ccccc1I)N1CCN(c2cccnn2)CC1. The van der Waals surface area contributed by atoms with E-state index >= 15 is 0 Å². The predicted octanol–water partition coefficient (Wildman–Crippen LogP) is 2.04. The van der Waals surface area contributed by atoms with E-state index in [0.717, 1.165) is 28.0 Å². The van der Waals surface area contributed by atoms with Gasteiger partial charge in [0.25, 0.3) is 5.91 Å². The normalized spacial score (nSPS) is 15.1. The summed E-state index contributed by atoms with van der Waals surface area (Å²) < 4.78 is 0.997. The van der Waals surface area contributed by atoms with Gasteiger partial charge in [0.2, 0.25) is 0 Å². The van der Waals surface area contributed by atoms with Crippen LogP contribution in [0.4, 0.5) is 5.82 Å². The van der Waals surface area contributed by atoms with Crippen LogP contribution in [0.3, 0.4) is 0 Å². The summed E-state index contributed by atoms with van der Waals surface area (Å²) in [4.78, 5) is 16.6. The molecule has 1 fully saturated rings. The minimum absolute atomic E-state index is 0.110. The fourth-order valence-electron chi connectivity index (χ4n) is 2.41. The molecule has 0 spiro atoms. The van der Waals surface area contributed by atoms with Crippen LogP contribution in [0.25, 0.3) is 0 Å². The third-order valence-electron chi connectivity index (χ3n) is 3.55. The Labute approximate surface area is 137 Å². The van der Waals surface area contributed by atoms with Gasteiger partial charge in [0.05, 0.1) is 5.56 Å². The molecule has 21 heavy (non-hydrogen) atoms. The highest BCUT2D eigenvalue weighted by atomic mass is 127. The molecule has 0 atom stereocenters. The number of rotatable bonds is 2. The minimum atomic E-state index is 0.110. The third-order valence-corrected chi connectivity index (χ3v) is 4.49. The van der Waals surface area contributed by atoms with Gasteiger partial charge in [0.1, 0.15) is 0 Å². The summed E-state index contributed by atoms with van der Waals surface area (Å²) in [6.45, 7) is 2.99.